The summed E-state index contributed by atoms with van der Waals surface area (Å²) in [5.41, 5.74) is 5.82. The quantitative estimate of drug-likeness (QED) is 0.127. The monoisotopic (exact) mass is 654 g/mol. The molecule has 1 fully saturated rings. The van der Waals surface area contributed by atoms with E-state index in [2.05, 4.69) is 28.2 Å². The molecule has 0 radical (unpaired) electrons. The topological polar surface area (TPSA) is 209 Å². The van der Waals surface area contributed by atoms with Gasteiger partial charge in [-0.05, 0) is 37.5 Å². The Hall–Kier alpha value is -3.26. The number of carbonyl (C=O) groups is 6. The van der Waals surface area contributed by atoms with E-state index in [-0.39, 0.29) is 24.8 Å². The van der Waals surface area contributed by atoms with Crippen LogP contribution in [0.15, 0.2) is 0 Å². The molecule has 0 saturated carbocycles. The van der Waals surface area contributed by atoms with Crippen LogP contribution in [0, 0.1) is 17.8 Å². The minimum absolute atomic E-state index is 0.0160. The number of amides is 5. The van der Waals surface area contributed by atoms with E-state index in [1.807, 2.05) is 20.8 Å². The van der Waals surface area contributed by atoms with E-state index in [1.54, 1.807) is 13.8 Å². The van der Waals surface area contributed by atoms with Crippen molar-refractivity contribution < 1.29 is 38.6 Å². The number of nitrogens with one attached hydrogen (secondary N) is 4. The zero-order chi connectivity index (χ0) is 35.0. The second-order valence-corrected chi connectivity index (χ2v) is 12.7. The molecular weight excluding hydrogens is 596 g/mol. The first-order valence-electron chi connectivity index (χ1n) is 16.7. The van der Waals surface area contributed by atoms with Crippen LogP contribution < -0.4 is 27.0 Å². The van der Waals surface area contributed by atoms with Gasteiger partial charge in [-0.2, -0.15) is 0 Å². The van der Waals surface area contributed by atoms with E-state index < -0.39 is 84.8 Å². The van der Waals surface area contributed by atoms with Crippen LogP contribution in [0.4, 0.5) is 0 Å². The first kappa shape index (κ1) is 40.8. The third-order valence-corrected chi connectivity index (χ3v) is 8.50. The average Bonchev–Trinajstić information content (AvgIpc) is 3.02. The van der Waals surface area contributed by atoms with Crippen LogP contribution in [0.1, 0.15) is 92.9 Å². The van der Waals surface area contributed by atoms with Gasteiger partial charge in [0.05, 0.1) is 5.92 Å². The Labute approximate surface area is 273 Å². The summed E-state index contributed by atoms with van der Waals surface area (Å²) in [4.78, 5) is 81.6. The first-order valence-corrected chi connectivity index (χ1v) is 16.7. The number of carbonyl (C=O) groups excluding carboxylic acids is 6. The van der Waals surface area contributed by atoms with Crippen molar-refractivity contribution in [1.29, 1.82) is 0 Å². The maximum absolute atomic E-state index is 13.9. The van der Waals surface area contributed by atoms with Crippen molar-refractivity contribution in [3.05, 3.63) is 0 Å². The van der Waals surface area contributed by atoms with Gasteiger partial charge in [-0.25, -0.2) is 0 Å². The van der Waals surface area contributed by atoms with Gasteiger partial charge in [0.15, 0.2) is 0 Å². The molecule has 14 heteroatoms. The zero-order valence-corrected chi connectivity index (χ0v) is 28.7. The van der Waals surface area contributed by atoms with Gasteiger partial charge in [0.25, 0.3) is 0 Å². The lowest BCUT2D eigenvalue weighted by Crippen LogP contribution is -2.61. The molecular formula is C32H58N6O8. The number of unbranched alkanes of at least 4 members (excludes halogenated alkanes) is 3. The summed E-state index contributed by atoms with van der Waals surface area (Å²) < 4.78 is 5.74. The molecule has 1 aliphatic rings. The molecule has 1 aliphatic heterocycles. The summed E-state index contributed by atoms with van der Waals surface area (Å²) in [6.45, 7) is 9.90. The lowest BCUT2D eigenvalue weighted by Gasteiger charge is -2.34. The van der Waals surface area contributed by atoms with E-state index in [4.69, 9.17) is 10.5 Å². The number of aliphatic hydroxyl groups is 1. The molecule has 0 aromatic heterocycles. The van der Waals surface area contributed by atoms with Crippen molar-refractivity contribution in [2.45, 2.75) is 123 Å². The van der Waals surface area contributed by atoms with Crippen LogP contribution in [0.25, 0.3) is 0 Å². The zero-order valence-electron chi connectivity index (χ0n) is 28.7. The van der Waals surface area contributed by atoms with Gasteiger partial charge < -0.3 is 41.7 Å². The number of ether oxygens (including phenoxy) is 1. The third-order valence-electron chi connectivity index (χ3n) is 8.50. The van der Waals surface area contributed by atoms with Gasteiger partial charge in [-0.15, -0.1) is 0 Å². The Kier molecular flexibility index (Phi) is 18.4. The summed E-state index contributed by atoms with van der Waals surface area (Å²) in [7, 11) is 1.53. The second kappa shape index (κ2) is 20.8. The van der Waals surface area contributed by atoms with Gasteiger partial charge in [0, 0.05) is 20.2 Å². The molecule has 46 heavy (non-hydrogen) atoms. The normalized spacial score (nSPS) is 27.0. The summed E-state index contributed by atoms with van der Waals surface area (Å²) >= 11 is 0. The maximum Gasteiger partial charge on any atom is 0.325 e. The van der Waals surface area contributed by atoms with Gasteiger partial charge in [-0.1, -0.05) is 67.2 Å². The van der Waals surface area contributed by atoms with Gasteiger partial charge in [0.2, 0.25) is 29.5 Å². The standard InChI is InChI=1S/C32H58N6O8/c1-8-10-11-12-13-25-21(6)32(45)38(7)24(16-19(3)4)30(43)37-27(20(5)9-2)31(44)36-23(17-33)29(42)35-22(14-15-39)28(41)34-18-26(40)46-25/h19-25,27,39H,8-18,33H2,1-7H3,(H,34,41)(H,35,42)(H,36,44)(H,37,43)/t20?,21-,22+,23+,24+,25-,27+/m1/s1. The minimum atomic E-state index is -1.26. The molecule has 5 amide bonds. The lowest BCUT2D eigenvalue weighted by molar-refractivity contribution is -0.157. The van der Waals surface area contributed by atoms with Gasteiger partial charge in [-0.3, -0.25) is 28.8 Å². The predicted molar refractivity (Wildman–Crippen MR) is 173 cm³/mol. The maximum atomic E-state index is 13.9. The highest BCUT2D eigenvalue weighted by atomic mass is 16.5. The molecule has 0 aromatic rings. The van der Waals surface area contributed by atoms with Crippen molar-refractivity contribution in [2.24, 2.45) is 23.5 Å². The SMILES string of the molecule is CCCCCC[C@H]1OC(=O)CNC(=O)[C@H](CCO)NC(=O)[C@H](CN)NC(=O)[C@H](C(C)CC)NC(=O)[C@H](CC(C)C)N(C)C(=O)[C@@H]1C. The number of esters is 1. The summed E-state index contributed by atoms with van der Waals surface area (Å²) in [6, 6.07) is -4.48. The van der Waals surface area contributed by atoms with Crippen molar-refractivity contribution in [2.75, 3.05) is 26.7 Å². The largest absolute Gasteiger partial charge is 0.460 e. The van der Waals surface area contributed by atoms with Crippen molar-refractivity contribution >= 4 is 35.5 Å². The van der Waals surface area contributed by atoms with Crippen LogP contribution in [0.3, 0.4) is 0 Å². The Bertz CT molecular complexity index is 1020. The summed E-state index contributed by atoms with van der Waals surface area (Å²) in [5.74, 6) is -5.02. The fraction of sp³-hybridized carbons (Fsp3) is 0.812. The fourth-order valence-electron chi connectivity index (χ4n) is 5.31. The number of aliphatic hydroxyl groups excluding tert-OH is 1. The fourth-order valence-corrected chi connectivity index (χ4v) is 5.31. The number of rotatable bonds is 12. The molecule has 0 spiro atoms. The molecule has 1 unspecified atom stereocenters. The Balaban J connectivity index is 3.60. The van der Waals surface area contributed by atoms with E-state index in [0.717, 1.165) is 19.3 Å². The minimum Gasteiger partial charge on any atom is -0.460 e. The molecule has 1 heterocycles. The summed E-state index contributed by atoms with van der Waals surface area (Å²) in [5, 5.41) is 19.8. The lowest BCUT2D eigenvalue weighted by atomic mass is 9.94. The number of hydrogen-bond acceptors (Lipinski definition) is 9. The predicted octanol–water partition coefficient (Wildman–Crippen LogP) is 0.349. The number of nitrogens with zero attached hydrogens (tertiary/aromatic N) is 1. The van der Waals surface area contributed by atoms with Gasteiger partial charge in [0.1, 0.15) is 36.8 Å². The van der Waals surface area contributed by atoms with Crippen molar-refractivity contribution in [3.63, 3.8) is 0 Å². The molecule has 7 atom stereocenters. The van der Waals surface area contributed by atoms with Crippen molar-refractivity contribution in [3.8, 4) is 0 Å². The van der Waals surface area contributed by atoms with Crippen LogP contribution in [-0.2, 0) is 33.5 Å². The number of nitrogens with two attached hydrogens (primary N) is 1. The summed E-state index contributed by atoms with van der Waals surface area (Å²) in [6.07, 6.45) is 3.79. The Morgan fingerprint density at radius 3 is 2.11 bits per heavy atom. The van der Waals surface area contributed by atoms with E-state index >= 15 is 0 Å². The number of cyclic esters (lactones) is 1. The highest BCUT2D eigenvalue weighted by Crippen LogP contribution is 2.22. The van der Waals surface area contributed by atoms with Crippen LogP contribution >= 0.6 is 0 Å². The van der Waals surface area contributed by atoms with E-state index in [9.17, 15) is 33.9 Å². The third kappa shape index (κ3) is 12.9. The van der Waals surface area contributed by atoms with Crippen LogP contribution in [-0.4, -0.2) is 103 Å². The molecule has 0 aliphatic carbocycles. The van der Waals surface area contributed by atoms with Gasteiger partial charge >= 0.3 is 5.97 Å². The van der Waals surface area contributed by atoms with Crippen LogP contribution in [0.5, 0.6) is 0 Å². The van der Waals surface area contributed by atoms with E-state index in [1.165, 1.54) is 11.9 Å². The smallest absolute Gasteiger partial charge is 0.325 e. The van der Waals surface area contributed by atoms with Crippen LogP contribution in [0.2, 0.25) is 0 Å². The Morgan fingerprint density at radius 1 is 0.891 bits per heavy atom. The number of hydrogen-bond donors (Lipinski definition) is 6. The molecule has 0 bridgehead atoms. The Morgan fingerprint density at radius 2 is 1.54 bits per heavy atom. The van der Waals surface area contributed by atoms with Crippen molar-refractivity contribution in [1.82, 2.24) is 26.2 Å². The van der Waals surface area contributed by atoms with E-state index in [0.29, 0.717) is 25.7 Å². The molecule has 14 nitrogen and oxygen atoms in total. The highest BCUT2D eigenvalue weighted by Gasteiger charge is 2.38. The molecule has 264 valence electrons. The first-order chi connectivity index (χ1) is 21.7. The second-order valence-electron chi connectivity index (χ2n) is 12.7. The molecule has 1 rings (SSSR count). The molecule has 0 aromatic carbocycles. The molecule has 1 saturated heterocycles. The molecule has 7 N–H and O–H groups in total. The highest BCUT2D eigenvalue weighted by molar-refractivity contribution is 5.96. The average molecular weight is 655 g/mol. The number of likely N-dealkylation sites (N-methyl/N-ethyl adjacent to an activating group) is 1.